The van der Waals surface area contributed by atoms with E-state index in [1.165, 1.54) is 0 Å². The molecule has 12 heteroatoms. The van der Waals surface area contributed by atoms with Gasteiger partial charge in [-0.05, 0) is 12.0 Å². The zero-order chi connectivity index (χ0) is 20.6. The van der Waals surface area contributed by atoms with E-state index in [1.54, 1.807) is 0 Å². The number of esters is 4. The lowest BCUT2D eigenvalue weighted by Gasteiger charge is -2.43. The molecule has 0 spiro atoms. The topological polar surface area (TPSA) is 163 Å². The van der Waals surface area contributed by atoms with Crippen molar-refractivity contribution in [3.63, 3.8) is 0 Å². The second-order valence-electron chi connectivity index (χ2n) is 5.62. The number of ether oxygens (including phenoxy) is 5. The summed E-state index contributed by atoms with van der Waals surface area (Å²) in [6, 6.07) is 0. The van der Waals surface area contributed by atoms with Gasteiger partial charge < -0.3 is 23.7 Å². The highest BCUT2D eigenvalue weighted by molar-refractivity contribution is 5.69. The molecule has 0 amide bonds. The van der Waals surface area contributed by atoms with Gasteiger partial charge in [0.1, 0.15) is 6.10 Å². The minimum Gasteiger partial charge on any atom is -0.456 e. The lowest BCUT2D eigenvalue weighted by molar-refractivity contribution is -0.296. The quantitative estimate of drug-likeness (QED) is 0.202. The fraction of sp³-hybridized carbons (Fsp3) is 0.733. The molecule has 0 aromatic heterocycles. The molecule has 0 aromatic rings. The largest absolute Gasteiger partial charge is 0.456 e. The van der Waals surface area contributed by atoms with E-state index >= 15 is 0 Å². The van der Waals surface area contributed by atoms with Crippen LogP contribution in [-0.2, 0) is 42.9 Å². The van der Waals surface area contributed by atoms with Crippen LogP contribution >= 0.6 is 0 Å². The molecule has 150 valence electrons. The maximum atomic E-state index is 11.6. The van der Waals surface area contributed by atoms with Crippen molar-refractivity contribution in [3.8, 4) is 0 Å². The summed E-state index contributed by atoms with van der Waals surface area (Å²) < 4.78 is 26.2. The van der Waals surface area contributed by atoms with Crippen molar-refractivity contribution in [3.05, 3.63) is 10.4 Å². The first-order valence-corrected chi connectivity index (χ1v) is 8.01. The molecule has 1 heterocycles. The summed E-state index contributed by atoms with van der Waals surface area (Å²) in [7, 11) is 0. The Balaban J connectivity index is 3.28. The Kier molecular flexibility index (Phi) is 8.49. The molecule has 1 rings (SSSR count). The van der Waals surface area contributed by atoms with Crippen LogP contribution in [-0.4, -0.2) is 61.1 Å². The van der Waals surface area contributed by atoms with Gasteiger partial charge in [0.15, 0.2) is 12.2 Å². The summed E-state index contributed by atoms with van der Waals surface area (Å²) in [4.78, 5) is 48.6. The minimum absolute atomic E-state index is 0.0310. The Morgan fingerprint density at radius 3 is 1.81 bits per heavy atom. The van der Waals surface area contributed by atoms with Crippen LogP contribution in [0, 0.1) is 0 Å². The molecule has 0 saturated carbocycles. The summed E-state index contributed by atoms with van der Waals surface area (Å²) in [5.74, 6) is -2.95. The van der Waals surface area contributed by atoms with Gasteiger partial charge in [-0.25, -0.2) is 0 Å². The molecule has 0 radical (unpaired) electrons. The average molecular weight is 387 g/mol. The molecule has 0 aromatic carbocycles. The van der Waals surface area contributed by atoms with Crippen molar-refractivity contribution >= 4 is 23.9 Å². The summed E-state index contributed by atoms with van der Waals surface area (Å²) >= 11 is 0. The second-order valence-corrected chi connectivity index (χ2v) is 5.62. The summed E-state index contributed by atoms with van der Waals surface area (Å²) in [6.07, 6.45) is -6.17. The summed E-state index contributed by atoms with van der Waals surface area (Å²) in [5.41, 5.74) is 8.43. The van der Waals surface area contributed by atoms with Gasteiger partial charge >= 0.3 is 23.9 Å². The highest BCUT2D eigenvalue weighted by Gasteiger charge is 2.52. The number of rotatable bonds is 7. The molecule has 12 nitrogen and oxygen atoms in total. The zero-order valence-corrected chi connectivity index (χ0v) is 15.3. The maximum absolute atomic E-state index is 11.6. The maximum Gasteiger partial charge on any atom is 0.305 e. The molecule has 0 bridgehead atoms. The lowest BCUT2D eigenvalue weighted by atomic mass is 9.96. The van der Waals surface area contributed by atoms with Crippen molar-refractivity contribution in [1.82, 2.24) is 0 Å². The molecule has 1 aliphatic rings. The van der Waals surface area contributed by atoms with E-state index < -0.39 is 54.6 Å². The Hall–Kier alpha value is -2.85. The van der Waals surface area contributed by atoms with Gasteiger partial charge in [0.05, 0.1) is 0 Å². The van der Waals surface area contributed by atoms with Gasteiger partial charge in [-0.1, -0.05) is 5.11 Å². The third-order valence-electron chi connectivity index (χ3n) is 3.36. The van der Waals surface area contributed by atoms with Crippen molar-refractivity contribution in [2.24, 2.45) is 5.11 Å². The number of hydrogen-bond acceptors (Lipinski definition) is 10. The first-order valence-electron chi connectivity index (χ1n) is 8.01. The summed E-state index contributed by atoms with van der Waals surface area (Å²) in [6.45, 7) is 4.43. The predicted molar refractivity (Wildman–Crippen MR) is 85.7 cm³/mol. The average Bonchev–Trinajstić information content (AvgIpc) is 2.52. The van der Waals surface area contributed by atoms with Crippen LogP contribution in [0.3, 0.4) is 0 Å². The molecular formula is C15H21N3O9. The van der Waals surface area contributed by atoms with Crippen molar-refractivity contribution in [1.29, 1.82) is 0 Å². The molecule has 0 aliphatic carbocycles. The predicted octanol–water partition coefficient (Wildman–Crippen LogP) is 0.770. The van der Waals surface area contributed by atoms with Crippen molar-refractivity contribution in [2.75, 3.05) is 6.54 Å². The van der Waals surface area contributed by atoms with E-state index in [9.17, 15) is 19.2 Å². The zero-order valence-electron chi connectivity index (χ0n) is 15.3. The van der Waals surface area contributed by atoms with Crippen LogP contribution in [0.25, 0.3) is 10.4 Å². The number of nitrogens with zero attached hydrogens (tertiary/aromatic N) is 3. The fourth-order valence-corrected chi connectivity index (χ4v) is 2.58. The number of azide groups is 1. The highest BCUT2D eigenvalue weighted by atomic mass is 16.7. The minimum atomic E-state index is -1.42. The van der Waals surface area contributed by atoms with E-state index in [-0.39, 0.29) is 13.0 Å². The normalized spacial score (nSPS) is 26.9. The van der Waals surface area contributed by atoms with E-state index in [2.05, 4.69) is 10.0 Å². The first kappa shape index (κ1) is 22.2. The summed E-state index contributed by atoms with van der Waals surface area (Å²) in [5, 5.41) is 3.38. The van der Waals surface area contributed by atoms with E-state index in [0.29, 0.717) is 0 Å². The Morgan fingerprint density at radius 1 is 0.852 bits per heavy atom. The number of carbonyl (C=O) groups is 4. The van der Waals surface area contributed by atoms with Gasteiger partial charge in [0, 0.05) is 39.2 Å². The fourth-order valence-electron chi connectivity index (χ4n) is 2.58. The van der Waals surface area contributed by atoms with Crippen LogP contribution in [0.15, 0.2) is 5.11 Å². The number of carbonyl (C=O) groups excluding carboxylic acids is 4. The van der Waals surface area contributed by atoms with Crippen LogP contribution in [0.4, 0.5) is 0 Å². The Bertz CT molecular complexity index is 632. The Labute approximate surface area is 154 Å². The van der Waals surface area contributed by atoms with E-state index in [0.717, 1.165) is 27.7 Å². The molecule has 27 heavy (non-hydrogen) atoms. The number of hydrogen-bond donors (Lipinski definition) is 0. The molecule has 5 atom stereocenters. The lowest BCUT2D eigenvalue weighted by Crippen LogP contribution is -2.62. The molecule has 0 N–H and O–H groups in total. The van der Waals surface area contributed by atoms with Gasteiger partial charge in [-0.15, -0.1) is 0 Å². The first-order chi connectivity index (χ1) is 12.6. The van der Waals surface area contributed by atoms with E-state index in [1.807, 2.05) is 0 Å². The smallest absolute Gasteiger partial charge is 0.305 e. The standard InChI is InChI=1S/C15H21N3O9/c1-7(19)23-12-11(5-6-17-18-16)27-15(26-10(4)22)14(25-9(3)21)13(12)24-8(2)20/h11-15H,5-6H2,1-4H3/t11-,12-,13+,14+,15+/m1/s1. The van der Waals surface area contributed by atoms with Crippen molar-refractivity contribution in [2.45, 2.75) is 64.8 Å². The molecule has 1 fully saturated rings. The van der Waals surface area contributed by atoms with Crippen LogP contribution in [0.1, 0.15) is 34.1 Å². The molecule has 1 saturated heterocycles. The van der Waals surface area contributed by atoms with E-state index in [4.69, 9.17) is 29.2 Å². The molecular weight excluding hydrogens is 366 g/mol. The van der Waals surface area contributed by atoms with Gasteiger partial charge in [-0.3, -0.25) is 19.2 Å². The van der Waals surface area contributed by atoms with Crippen LogP contribution in [0.5, 0.6) is 0 Å². The van der Waals surface area contributed by atoms with Gasteiger partial charge in [0.2, 0.25) is 12.4 Å². The van der Waals surface area contributed by atoms with Crippen LogP contribution in [0.2, 0.25) is 0 Å². The highest BCUT2D eigenvalue weighted by Crippen LogP contribution is 2.31. The third kappa shape index (κ3) is 7.12. The SMILES string of the molecule is CC(=O)O[C@H]1O[C@H](CCN=[N+]=[N-])[C@@H](OC(C)=O)[C@H](OC(C)=O)[C@@H]1OC(C)=O. The molecule has 0 unspecified atom stereocenters. The van der Waals surface area contributed by atoms with Crippen LogP contribution < -0.4 is 0 Å². The second kappa shape index (κ2) is 10.3. The van der Waals surface area contributed by atoms with Gasteiger partial charge in [-0.2, -0.15) is 0 Å². The van der Waals surface area contributed by atoms with Gasteiger partial charge in [0.25, 0.3) is 0 Å². The monoisotopic (exact) mass is 387 g/mol. The molecule has 1 aliphatic heterocycles. The van der Waals surface area contributed by atoms with Crippen molar-refractivity contribution < 1.29 is 42.9 Å². The third-order valence-corrected chi connectivity index (χ3v) is 3.36. The Morgan fingerprint density at radius 2 is 1.33 bits per heavy atom.